The van der Waals surface area contributed by atoms with Gasteiger partial charge < -0.3 is 9.47 Å². The summed E-state index contributed by atoms with van der Waals surface area (Å²) in [6.07, 6.45) is 1.39. The topological polar surface area (TPSA) is 59.8 Å². The van der Waals surface area contributed by atoms with Crippen LogP contribution in [0.1, 0.15) is 23.7 Å². The van der Waals surface area contributed by atoms with E-state index in [9.17, 15) is 9.18 Å². The molecular formula is C25H29FN4O3. The summed E-state index contributed by atoms with van der Waals surface area (Å²) in [6.45, 7) is 5.53. The second-order valence-corrected chi connectivity index (χ2v) is 8.08. The SMILES string of the molecule is CCc1c(C)nc2n(c1=O)CN(CCc1ccc(OC)c(OC)c1)CN2c1ccc(F)cc1. The molecule has 0 saturated heterocycles. The van der Waals surface area contributed by atoms with Gasteiger partial charge in [0.05, 0.1) is 27.6 Å². The van der Waals surface area contributed by atoms with Crippen LogP contribution in [0.25, 0.3) is 0 Å². The van der Waals surface area contributed by atoms with Gasteiger partial charge in [0.2, 0.25) is 5.95 Å². The van der Waals surface area contributed by atoms with Crippen LogP contribution in [0.5, 0.6) is 11.5 Å². The van der Waals surface area contributed by atoms with Gasteiger partial charge in [0, 0.05) is 23.5 Å². The van der Waals surface area contributed by atoms with Gasteiger partial charge in [-0.1, -0.05) is 13.0 Å². The van der Waals surface area contributed by atoms with Crippen LogP contribution in [-0.4, -0.2) is 41.9 Å². The molecule has 0 radical (unpaired) electrons. The molecule has 0 bridgehead atoms. The average molecular weight is 453 g/mol. The number of rotatable bonds is 7. The van der Waals surface area contributed by atoms with E-state index >= 15 is 0 Å². The number of ether oxygens (including phenoxy) is 2. The lowest BCUT2D eigenvalue weighted by Crippen LogP contribution is -2.48. The number of hydrogen-bond donors (Lipinski definition) is 0. The molecule has 2 heterocycles. The summed E-state index contributed by atoms with van der Waals surface area (Å²) in [6, 6.07) is 12.2. The number of benzene rings is 2. The molecule has 33 heavy (non-hydrogen) atoms. The van der Waals surface area contributed by atoms with Crippen LogP contribution in [0.3, 0.4) is 0 Å². The lowest BCUT2D eigenvalue weighted by atomic mass is 10.1. The van der Waals surface area contributed by atoms with E-state index in [1.165, 1.54) is 12.1 Å². The van der Waals surface area contributed by atoms with E-state index in [0.29, 0.717) is 43.8 Å². The van der Waals surface area contributed by atoms with Crippen molar-refractivity contribution in [1.29, 1.82) is 0 Å². The lowest BCUT2D eigenvalue weighted by Gasteiger charge is -2.38. The molecule has 0 fully saturated rings. The van der Waals surface area contributed by atoms with E-state index in [-0.39, 0.29) is 11.4 Å². The van der Waals surface area contributed by atoms with Gasteiger partial charge in [-0.3, -0.25) is 19.2 Å². The van der Waals surface area contributed by atoms with E-state index in [0.717, 1.165) is 28.9 Å². The highest BCUT2D eigenvalue weighted by Crippen LogP contribution is 2.30. The van der Waals surface area contributed by atoms with Crippen molar-refractivity contribution in [2.45, 2.75) is 33.4 Å². The first-order chi connectivity index (χ1) is 15.9. The van der Waals surface area contributed by atoms with Crippen LogP contribution < -0.4 is 19.9 Å². The zero-order valence-electron chi connectivity index (χ0n) is 19.5. The smallest absolute Gasteiger partial charge is 0.259 e. The largest absolute Gasteiger partial charge is 0.493 e. The highest BCUT2D eigenvalue weighted by Gasteiger charge is 2.27. The van der Waals surface area contributed by atoms with Gasteiger partial charge in [-0.25, -0.2) is 9.37 Å². The number of halogens is 1. The van der Waals surface area contributed by atoms with Gasteiger partial charge >= 0.3 is 0 Å². The highest BCUT2D eigenvalue weighted by atomic mass is 19.1. The van der Waals surface area contributed by atoms with Gasteiger partial charge in [0.1, 0.15) is 5.82 Å². The third-order valence-electron chi connectivity index (χ3n) is 6.03. The van der Waals surface area contributed by atoms with Gasteiger partial charge in [-0.05, 0) is 61.7 Å². The molecule has 0 atom stereocenters. The molecule has 2 aromatic carbocycles. The second kappa shape index (κ2) is 9.62. The number of anilines is 2. The summed E-state index contributed by atoms with van der Waals surface area (Å²) >= 11 is 0. The van der Waals surface area contributed by atoms with Crippen LogP contribution >= 0.6 is 0 Å². The fourth-order valence-electron chi connectivity index (χ4n) is 4.22. The minimum atomic E-state index is -0.302. The van der Waals surface area contributed by atoms with Crippen LogP contribution in [0.2, 0.25) is 0 Å². The van der Waals surface area contributed by atoms with Gasteiger partial charge in [-0.15, -0.1) is 0 Å². The number of nitrogens with zero attached hydrogens (tertiary/aromatic N) is 4. The predicted molar refractivity (Wildman–Crippen MR) is 126 cm³/mol. The maximum atomic E-state index is 13.6. The molecule has 8 heteroatoms. The van der Waals surface area contributed by atoms with E-state index in [4.69, 9.17) is 14.5 Å². The third-order valence-corrected chi connectivity index (χ3v) is 6.03. The molecular weight excluding hydrogens is 423 g/mol. The summed E-state index contributed by atoms with van der Waals surface area (Å²) < 4.78 is 26.0. The molecule has 7 nitrogen and oxygen atoms in total. The Bertz CT molecular complexity index is 1190. The molecule has 3 aromatic rings. The first kappa shape index (κ1) is 22.8. The summed E-state index contributed by atoms with van der Waals surface area (Å²) in [4.78, 5) is 22.2. The summed E-state index contributed by atoms with van der Waals surface area (Å²) in [7, 11) is 3.24. The van der Waals surface area contributed by atoms with Crippen LogP contribution in [-0.2, 0) is 19.5 Å². The standard InChI is InChI=1S/C25H29FN4O3/c1-5-21-17(2)27-25-29(20-9-7-19(26)8-10-20)15-28(16-30(25)24(21)31)13-12-18-6-11-22(32-3)23(14-18)33-4/h6-11,14H,5,12-13,15-16H2,1-4H3. The van der Waals surface area contributed by atoms with Gasteiger partial charge in [0.15, 0.2) is 11.5 Å². The van der Waals surface area contributed by atoms with Crippen molar-refractivity contribution < 1.29 is 13.9 Å². The van der Waals surface area contributed by atoms with Crippen molar-refractivity contribution in [2.75, 3.05) is 32.3 Å². The molecule has 0 N–H and O–H groups in total. The molecule has 4 rings (SSSR count). The molecule has 0 amide bonds. The van der Waals surface area contributed by atoms with Crippen molar-refractivity contribution in [1.82, 2.24) is 14.5 Å². The Morgan fingerprint density at radius 3 is 2.42 bits per heavy atom. The number of aromatic nitrogens is 2. The first-order valence-corrected chi connectivity index (χ1v) is 11.0. The number of hydrogen-bond acceptors (Lipinski definition) is 6. The van der Waals surface area contributed by atoms with E-state index in [1.54, 1.807) is 30.9 Å². The van der Waals surface area contributed by atoms with Gasteiger partial charge in [-0.2, -0.15) is 0 Å². The van der Waals surface area contributed by atoms with E-state index < -0.39 is 0 Å². The lowest BCUT2D eigenvalue weighted by molar-refractivity contribution is 0.200. The van der Waals surface area contributed by atoms with Crippen LogP contribution in [0.15, 0.2) is 47.3 Å². The molecule has 1 aliphatic rings. The van der Waals surface area contributed by atoms with Crippen molar-refractivity contribution in [2.24, 2.45) is 0 Å². The molecule has 1 aliphatic heterocycles. The zero-order chi connectivity index (χ0) is 23.5. The maximum absolute atomic E-state index is 13.6. The number of fused-ring (bicyclic) bond motifs is 1. The van der Waals surface area contributed by atoms with Crippen molar-refractivity contribution >= 4 is 11.6 Å². The van der Waals surface area contributed by atoms with Crippen molar-refractivity contribution in [3.8, 4) is 11.5 Å². The highest BCUT2D eigenvalue weighted by molar-refractivity contribution is 5.58. The Labute approximate surface area is 193 Å². The quantitative estimate of drug-likeness (QED) is 0.542. The fraction of sp³-hybridized carbons (Fsp3) is 0.360. The average Bonchev–Trinajstić information content (AvgIpc) is 2.83. The normalized spacial score (nSPS) is 13.7. The van der Waals surface area contributed by atoms with Crippen LogP contribution in [0, 0.1) is 12.7 Å². The van der Waals surface area contributed by atoms with Crippen molar-refractivity contribution in [3.05, 3.63) is 75.5 Å². The zero-order valence-corrected chi connectivity index (χ0v) is 19.5. The van der Waals surface area contributed by atoms with Crippen LogP contribution in [0.4, 0.5) is 16.0 Å². The Hall–Kier alpha value is -3.39. The first-order valence-electron chi connectivity index (χ1n) is 11.0. The predicted octanol–water partition coefficient (Wildman–Crippen LogP) is 3.88. The Morgan fingerprint density at radius 1 is 1.03 bits per heavy atom. The number of aryl methyl sites for hydroxylation is 1. The Morgan fingerprint density at radius 2 is 1.76 bits per heavy atom. The summed E-state index contributed by atoms with van der Waals surface area (Å²) in [5.41, 5.74) is 3.33. The summed E-state index contributed by atoms with van der Waals surface area (Å²) in [5, 5.41) is 0. The second-order valence-electron chi connectivity index (χ2n) is 8.08. The third kappa shape index (κ3) is 4.57. The van der Waals surface area contributed by atoms with Crippen molar-refractivity contribution in [3.63, 3.8) is 0 Å². The molecule has 1 aromatic heterocycles. The maximum Gasteiger partial charge on any atom is 0.259 e. The van der Waals surface area contributed by atoms with Gasteiger partial charge in [0.25, 0.3) is 5.56 Å². The number of methoxy groups -OCH3 is 2. The summed E-state index contributed by atoms with van der Waals surface area (Å²) in [5.74, 6) is 1.67. The minimum Gasteiger partial charge on any atom is -0.493 e. The van der Waals surface area contributed by atoms with E-state index in [1.807, 2.05) is 36.9 Å². The molecule has 174 valence electrons. The minimum absolute atomic E-state index is 0.0251. The Balaban J connectivity index is 1.65. The monoisotopic (exact) mass is 452 g/mol. The molecule has 0 saturated carbocycles. The van der Waals surface area contributed by atoms with E-state index in [2.05, 4.69) is 4.90 Å². The molecule has 0 unspecified atom stereocenters. The Kier molecular flexibility index (Phi) is 6.65. The fourth-order valence-corrected chi connectivity index (χ4v) is 4.22. The molecule has 0 spiro atoms. The molecule has 0 aliphatic carbocycles.